The topological polar surface area (TPSA) is 26.9 Å². The second-order valence-electron chi connectivity index (χ2n) is 7.23. The molecule has 136 valence electrons. The predicted molar refractivity (Wildman–Crippen MR) is 106 cm³/mol. The number of rotatable bonds is 5. The number of aryl methyl sites for hydroxylation is 3. The molecule has 3 aromatic rings. The second kappa shape index (κ2) is 6.62. The Balaban J connectivity index is 1.98. The predicted octanol–water partition coefficient (Wildman–Crippen LogP) is 4.98. The number of pyridine rings is 1. The fourth-order valence-corrected chi connectivity index (χ4v) is 4.35. The van der Waals surface area contributed by atoms with Crippen molar-refractivity contribution in [2.24, 2.45) is 13.0 Å². The Morgan fingerprint density at radius 2 is 2.08 bits per heavy atom. The van der Waals surface area contributed by atoms with Crippen LogP contribution in [0.25, 0.3) is 22.2 Å². The SMILES string of the molecule is CSc1cccc2c1c(F)c(-c1cc(C)c(=O)n(C)c1)n2CCC1CC1. The van der Waals surface area contributed by atoms with Crippen molar-refractivity contribution in [1.29, 1.82) is 0 Å². The van der Waals surface area contributed by atoms with E-state index in [1.807, 2.05) is 30.5 Å². The molecule has 0 bridgehead atoms. The molecule has 0 N–H and O–H groups in total. The van der Waals surface area contributed by atoms with E-state index in [1.165, 1.54) is 12.8 Å². The molecule has 0 radical (unpaired) electrons. The average molecular weight is 370 g/mol. The minimum absolute atomic E-state index is 0.0420. The minimum Gasteiger partial charge on any atom is -0.338 e. The van der Waals surface area contributed by atoms with Gasteiger partial charge in [0, 0.05) is 41.2 Å². The maximum absolute atomic E-state index is 15.6. The van der Waals surface area contributed by atoms with Crippen molar-refractivity contribution in [3.8, 4) is 11.3 Å². The van der Waals surface area contributed by atoms with Gasteiger partial charge in [0.2, 0.25) is 0 Å². The lowest BCUT2D eigenvalue weighted by molar-refractivity contribution is 0.594. The van der Waals surface area contributed by atoms with E-state index < -0.39 is 0 Å². The van der Waals surface area contributed by atoms with Crippen molar-refractivity contribution in [3.63, 3.8) is 0 Å². The Morgan fingerprint density at radius 3 is 2.73 bits per heavy atom. The zero-order valence-electron chi connectivity index (χ0n) is 15.4. The molecule has 0 unspecified atom stereocenters. The van der Waals surface area contributed by atoms with Crippen molar-refractivity contribution in [2.45, 2.75) is 37.6 Å². The highest BCUT2D eigenvalue weighted by Gasteiger charge is 2.25. The number of fused-ring (bicyclic) bond motifs is 1. The summed E-state index contributed by atoms with van der Waals surface area (Å²) in [5.41, 5.74) is 2.89. The summed E-state index contributed by atoms with van der Waals surface area (Å²) in [6.07, 6.45) is 7.37. The summed E-state index contributed by atoms with van der Waals surface area (Å²) in [7, 11) is 1.72. The van der Waals surface area contributed by atoms with Gasteiger partial charge in [-0.25, -0.2) is 4.39 Å². The molecule has 4 rings (SSSR count). The highest BCUT2D eigenvalue weighted by molar-refractivity contribution is 7.98. The molecule has 5 heteroatoms. The Bertz CT molecular complexity index is 1020. The van der Waals surface area contributed by atoms with Crippen molar-refractivity contribution in [3.05, 3.63) is 52.2 Å². The van der Waals surface area contributed by atoms with E-state index in [0.717, 1.165) is 34.9 Å². The summed E-state index contributed by atoms with van der Waals surface area (Å²) in [6, 6.07) is 7.78. The van der Waals surface area contributed by atoms with Crippen LogP contribution in [0.4, 0.5) is 4.39 Å². The number of hydrogen-bond acceptors (Lipinski definition) is 2. The van der Waals surface area contributed by atoms with Gasteiger partial charge in [-0.1, -0.05) is 18.9 Å². The molecule has 0 aliphatic heterocycles. The van der Waals surface area contributed by atoms with Gasteiger partial charge in [-0.3, -0.25) is 4.79 Å². The van der Waals surface area contributed by atoms with Crippen LogP contribution >= 0.6 is 11.8 Å². The summed E-state index contributed by atoms with van der Waals surface area (Å²) in [5, 5.41) is 0.692. The van der Waals surface area contributed by atoms with E-state index in [9.17, 15) is 4.79 Å². The molecule has 1 fully saturated rings. The molecule has 0 atom stereocenters. The molecular formula is C21H23FN2OS. The second-order valence-corrected chi connectivity index (χ2v) is 8.08. The first-order valence-corrected chi connectivity index (χ1v) is 10.3. The molecule has 2 heterocycles. The van der Waals surface area contributed by atoms with Crippen LogP contribution in [0.3, 0.4) is 0 Å². The molecule has 3 nitrogen and oxygen atoms in total. The molecule has 1 aliphatic carbocycles. The summed E-state index contributed by atoms with van der Waals surface area (Å²) >= 11 is 1.57. The van der Waals surface area contributed by atoms with Crippen molar-refractivity contribution in [1.82, 2.24) is 9.13 Å². The van der Waals surface area contributed by atoms with E-state index in [-0.39, 0.29) is 11.4 Å². The molecule has 1 saturated carbocycles. The van der Waals surface area contributed by atoms with Gasteiger partial charge in [0.15, 0.2) is 5.82 Å². The molecule has 0 amide bonds. The first-order valence-electron chi connectivity index (χ1n) is 9.03. The lowest BCUT2D eigenvalue weighted by atomic mass is 10.1. The van der Waals surface area contributed by atoms with Gasteiger partial charge in [0.05, 0.1) is 11.2 Å². The Labute approximate surface area is 156 Å². The summed E-state index contributed by atoms with van der Waals surface area (Å²) in [5.74, 6) is 0.591. The third-order valence-corrected chi connectivity index (χ3v) is 6.09. The number of thioether (sulfide) groups is 1. The summed E-state index contributed by atoms with van der Waals surface area (Å²) in [6.45, 7) is 2.59. The van der Waals surface area contributed by atoms with E-state index >= 15 is 4.39 Å². The van der Waals surface area contributed by atoms with Crippen molar-refractivity contribution >= 4 is 22.7 Å². The van der Waals surface area contributed by atoms with Gasteiger partial charge in [-0.15, -0.1) is 11.8 Å². The van der Waals surface area contributed by atoms with Crippen LogP contribution in [0, 0.1) is 18.7 Å². The number of nitrogens with zero attached hydrogens (tertiary/aromatic N) is 2. The smallest absolute Gasteiger partial charge is 0.253 e. The van der Waals surface area contributed by atoms with Gasteiger partial charge >= 0.3 is 0 Å². The minimum atomic E-state index is -0.182. The van der Waals surface area contributed by atoms with Gasteiger partial charge in [0.25, 0.3) is 5.56 Å². The lowest BCUT2D eigenvalue weighted by Crippen LogP contribution is -2.18. The number of hydrogen-bond donors (Lipinski definition) is 0. The van der Waals surface area contributed by atoms with Gasteiger partial charge in [-0.05, 0) is 43.7 Å². The standard InChI is InChI=1S/C21H23FN2OS/c1-13-11-15(12-23(2)21(13)25)20-19(22)18-16(5-4-6-17(18)26-3)24(20)10-9-14-7-8-14/h4-6,11-12,14H,7-10H2,1-3H3. The van der Waals surface area contributed by atoms with Gasteiger partial charge in [0.1, 0.15) is 0 Å². The highest BCUT2D eigenvalue weighted by atomic mass is 32.2. The van der Waals surface area contributed by atoms with Crippen LogP contribution in [-0.4, -0.2) is 15.4 Å². The molecule has 2 aromatic heterocycles. The van der Waals surface area contributed by atoms with Crippen LogP contribution in [0.5, 0.6) is 0 Å². The third-order valence-electron chi connectivity index (χ3n) is 5.31. The molecular weight excluding hydrogens is 347 g/mol. The van der Waals surface area contributed by atoms with Crippen LogP contribution in [0.2, 0.25) is 0 Å². The summed E-state index contributed by atoms with van der Waals surface area (Å²) < 4.78 is 19.3. The number of benzene rings is 1. The zero-order chi connectivity index (χ0) is 18.4. The van der Waals surface area contributed by atoms with Crippen LogP contribution in [0.15, 0.2) is 40.2 Å². The zero-order valence-corrected chi connectivity index (χ0v) is 16.2. The maximum atomic E-state index is 15.6. The molecule has 26 heavy (non-hydrogen) atoms. The van der Waals surface area contributed by atoms with Crippen LogP contribution in [0.1, 0.15) is 24.8 Å². The molecule has 0 spiro atoms. The first-order chi connectivity index (χ1) is 12.5. The summed E-state index contributed by atoms with van der Waals surface area (Å²) in [4.78, 5) is 13.0. The Hall–Kier alpha value is -2.01. The van der Waals surface area contributed by atoms with Crippen molar-refractivity contribution < 1.29 is 4.39 Å². The van der Waals surface area contributed by atoms with E-state index in [2.05, 4.69) is 4.57 Å². The monoisotopic (exact) mass is 370 g/mol. The number of halogens is 1. The van der Waals surface area contributed by atoms with Crippen LogP contribution in [-0.2, 0) is 13.6 Å². The van der Waals surface area contributed by atoms with Gasteiger partial charge in [-0.2, -0.15) is 0 Å². The molecule has 1 aliphatic rings. The fraction of sp³-hybridized carbons (Fsp3) is 0.381. The van der Waals surface area contributed by atoms with E-state index in [1.54, 1.807) is 36.5 Å². The van der Waals surface area contributed by atoms with E-state index in [4.69, 9.17) is 0 Å². The normalized spacial score (nSPS) is 14.3. The average Bonchev–Trinajstić information content (AvgIpc) is 3.41. The van der Waals surface area contributed by atoms with Crippen molar-refractivity contribution in [2.75, 3.05) is 6.26 Å². The first kappa shape index (κ1) is 17.4. The van der Waals surface area contributed by atoms with Crippen LogP contribution < -0.4 is 5.56 Å². The third kappa shape index (κ3) is 2.88. The Morgan fingerprint density at radius 1 is 1.31 bits per heavy atom. The largest absolute Gasteiger partial charge is 0.338 e. The van der Waals surface area contributed by atoms with Gasteiger partial charge < -0.3 is 9.13 Å². The fourth-order valence-electron chi connectivity index (χ4n) is 3.73. The molecule has 1 aromatic carbocycles. The quantitative estimate of drug-likeness (QED) is 0.593. The Kier molecular flexibility index (Phi) is 4.43. The maximum Gasteiger partial charge on any atom is 0.253 e. The van der Waals surface area contributed by atoms with E-state index in [0.29, 0.717) is 16.6 Å². The lowest BCUT2D eigenvalue weighted by Gasteiger charge is -2.12. The number of aromatic nitrogens is 2. The highest BCUT2D eigenvalue weighted by Crippen LogP contribution is 2.39. The molecule has 0 saturated heterocycles.